The Morgan fingerprint density at radius 2 is 2.23 bits per heavy atom. The van der Waals surface area contributed by atoms with E-state index in [1.54, 1.807) is 6.20 Å². The lowest BCUT2D eigenvalue weighted by Gasteiger charge is -2.11. The highest BCUT2D eigenvalue weighted by Crippen LogP contribution is 2.15. The van der Waals surface area contributed by atoms with Crippen LogP contribution < -0.4 is 0 Å². The second kappa shape index (κ2) is 4.42. The molecule has 1 aromatic heterocycles. The summed E-state index contributed by atoms with van der Waals surface area (Å²) in [7, 11) is 0. The Labute approximate surface area is 79.4 Å². The van der Waals surface area contributed by atoms with Gasteiger partial charge in [0.2, 0.25) is 0 Å². The molecule has 74 valence electrons. The first-order valence-electron chi connectivity index (χ1n) is 4.86. The van der Waals surface area contributed by atoms with Crippen LogP contribution in [-0.2, 0) is 13.0 Å². The summed E-state index contributed by atoms with van der Waals surface area (Å²) in [6.07, 6.45) is 3.85. The standard InChI is InChI=1S/C10H18N2O/c1-4-5-10-9(7-13)6-11-12(10)8(2)3/h6,8,13H,4-5,7H2,1-3H3. The molecule has 0 aliphatic rings. The topological polar surface area (TPSA) is 38.1 Å². The summed E-state index contributed by atoms with van der Waals surface area (Å²) in [5.74, 6) is 0. The minimum absolute atomic E-state index is 0.0993. The molecule has 0 saturated heterocycles. The molecule has 1 N–H and O–H groups in total. The maximum Gasteiger partial charge on any atom is 0.0715 e. The number of nitrogens with zero attached hydrogens (tertiary/aromatic N) is 2. The fourth-order valence-corrected chi connectivity index (χ4v) is 1.51. The van der Waals surface area contributed by atoms with Gasteiger partial charge in [-0.3, -0.25) is 4.68 Å². The monoisotopic (exact) mass is 182 g/mol. The van der Waals surface area contributed by atoms with E-state index in [1.807, 2.05) is 4.68 Å². The van der Waals surface area contributed by atoms with Crippen LogP contribution in [0.5, 0.6) is 0 Å². The molecule has 0 unspecified atom stereocenters. The van der Waals surface area contributed by atoms with Crippen molar-refractivity contribution in [2.45, 2.75) is 46.3 Å². The highest BCUT2D eigenvalue weighted by Gasteiger charge is 2.10. The zero-order valence-electron chi connectivity index (χ0n) is 8.62. The molecule has 3 nitrogen and oxygen atoms in total. The SMILES string of the molecule is CCCc1c(CO)cnn1C(C)C. The highest BCUT2D eigenvalue weighted by molar-refractivity contribution is 5.17. The van der Waals surface area contributed by atoms with E-state index in [0.29, 0.717) is 6.04 Å². The molecule has 0 aromatic carbocycles. The normalized spacial score (nSPS) is 11.2. The Bertz CT molecular complexity index is 266. The molecule has 0 bridgehead atoms. The van der Waals surface area contributed by atoms with Crippen molar-refractivity contribution in [1.82, 2.24) is 9.78 Å². The van der Waals surface area contributed by atoms with E-state index in [9.17, 15) is 0 Å². The van der Waals surface area contributed by atoms with Crippen molar-refractivity contribution in [3.05, 3.63) is 17.5 Å². The van der Waals surface area contributed by atoms with Crippen molar-refractivity contribution in [2.75, 3.05) is 0 Å². The minimum atomic E-state index is 0.0993. The van der Waals surface area contributed by atoms with Crippen LogP contribution in [0.3, 0.4) is 0 Å². The van der Waals surface area contributed by atoms with Gasteiger partial charge in [0.05, 0.1) is 12.8 Å². The Morgan fingerprint density at radius 1 is 1.54 bits per heavy atom. The van der Waals surface area contributed by atoms with Crippen LogP contribution in [0.25, 0.3) is 0 Å². The molecule has 0 atom stereocenters. The summed E-state index contributed by atoms with van der Waals surface area (Å²) in [6, 6.07) is 0.377. The van der Waals surface area contributed by atoms with E-state index < -0.39 is 0 Å². The predicted octanol–water partition coefficient (Wildman–Crippen LogP) is 1.91. The second-order valence-corrected chi connectivity index (χ2v) is 3.56. The number of hydrogen-bond acceptors (Lipinski definition) is 2. The van der Waals surface area contributed by atoms with Gasteiger partial charge in [-0.25, -0.2) is 0 Å². The first-order chi connectivity index (χ1) is 6.20. The van der Waals surface area contributed by atoms with Crippen molar-refractivity contribution < 1.29 is 5.11 Å². The molecule has 0 saturated carbocycles. The van der Waals surface area contributed by atoms with Gasteiger partial charge in [-0.1, -0.05) is 13.3 Å². The number of aromatic nitrogens is 2. The molecule has 3 heteroatoms. The largest absolute Gasteiger partial charge is 0.392 e. The molecule has 1 aromatic rings. The number of aliphatic hydroxyl groups is 1. The highest BCUT2D eigenvalue weighted by atomic mass is 16.3. The molecular weight excluding hydrogens is 164 g/mol. The van der Waals surface area contributed by atoms with Crippen molar-refractivity contribution in [3.8, 4) is 0 Å². The van der Waals surface area contributed by atoms with Crippen LogP contribution in [0.15, 0.2) is 6.20 Å². The van der Waals surface area contributed by atoms with Crippen LogP contribution in [-0.4, -0.2) is 14.9 Å². The molecule has 0 fully saturated rings. The third-order valence-corrected chi connectivity index (χ3v) is 2.13. The molecule has 0 aliphatic carbocycles. The van der Waals surface area contributed by atoms with E-state index in [1.165, 1.54) is 5.69 Å². The van der Waals surface area contributed by atoms with Gasteiger partial charge in [-0.05, 0) is 20.3 Å². The Balaban J connectivity index is 2.99. The van der Waals surface area contributed by atoms with E-state index in [-0.39, 0.29) is 6.61 Å². The van der Waals surface area contributed by atoms with Gasteiger partial charge in [0.15, 0.2) is 0 Å². The molecule has 0 amide bonds. The molecule has 13 heavy (non-hydrogen) atoms. The third-order valence-electron chi connectivity index (χ3n) is 2.13. The van der Waals surface area contributed by atoms with Crippen molar-refractivity contribution in [1.29, 1.82) is 0 Å². The molecule has 0 spiro atoms. The van der Waals surface area contributed by atoms with Crippen LogP contribution in [0.1, 0.15) is 44.5 Å². The van der Waals surface area contributed by atoms with Crippen LogP contribution >= 0.6 is 0 Å². The smallest absolute Gasteiger partial charge is 0.0715 e. The first kappa shape index (κ1) is 10.3. The zero-order chi connectivity index (χ0) is 9.84. The number of aliphatic hydroxyl groups excluding tert-OH is 1. The maximum absolute atomic E-state index is 9.09. The van der Waals surface area contributed by atoms with Gasteiger partial charge in [-0.2, -0.15) is 5.10 Å². The van der Waals surface area contributed by atoms with Crippen molar-refractivity contribution >= 4 is 0 Å². The zero-order valence-corrected chi connectivity index (χ0v) is 8.62. The fourth-order valence-electron chi connectivity index (χ4n) is 1.51. The number of hydrogen-bond donors (Lipinski definition) is 1. The van der Waals surface area contributed by atoms with Gasteiger partial charge >= 0.3 is 0 Å². The lowest BCUT2D eigenvalue weighted by atomic mass is 10.1. The molecule has 1 heterocycles. The number of rotatable bonds is 4. The summed E-state index contributed by atoms with van der Waals surface area (Å²) < 4.78 is 2.00. The Kier molecular flexibility index (Phi) is 3.48. The quantitative estimate of drug-likeness (QED) is 0.772. The molecule has 0 radical (unpaired) electrons. The summed E-state index contributed by atoms with van der Waals surface area (Å²) in [5, 5.41) is 13.3. The van der Waals surface area contributed by atoms with Crippen LogP contribution in [0, 0.1) is 0 Å². The summed E-state index contributed by atoms with van der Waals surface area (Å²) in [4.78, 5) is 0. The van der Waals surface area contributed by atoms with E-state index in [0.717, 1.165) is 18.4 Å². The average Bonchev–Trinajstić information content (AvgIpc) is 2.48. The second-order valence-electron chi connectivity index (χ2n) is 3.56. The minimum Gasteiger partial charge on any atom is -0.392 e. The first-order valence-corrected chi connectivity index (χ1v) is 4.86. The maximum atomic E-state index is 9.09. The van der Waals surface area contributed by atoms with Gasteiger partial charge in [0, 0.05) is 17.3 Å². The average molecular weight is 182 g/mol. The van der Waals surface area contributed by atoms with E-state index in [2.05, 4.69) is 25.9 Å². The summed E-state index contributed by atoms with van der Waals surface area (Å²) in [6.45, 7) is 6.45. The molecule has 1 rings (SSSR count). The van der Waals surface area contributed by atoms with E-state index in [4.69, 9.17) is 5.11 Å². The summed E-state index contributed by atoms with van der Waals surface area (Å²) >= 11 is 0. The van der Waals surface area contributed by atoms with Gasteiger partial charge in [0.25, 0.3) is 0 Å². The predicted molar refractivity (Wildman–Crippen MR) is 52.5 cm³/mol. The lowest BCUT2D eigenvalue weighted by Crippen LogP contribution is -2.08. The fraction of sp³-hybridized carbons (Fsp3) is 0.700. The molecule has 0 aliphatic heterocycles. The molecular formula is C10H18N2O. The van der Waals surface area contributed by atoms with Crippen LogP contribution in [0.2, 0.25) is 0 Å². The Morgan fingerprint density at radius 3 is 2.69 bits per heavy atom. The van der Waals surface area contributed by atoms with Crippen LogP contribution in [0.4, 0.5) is 0 Å². The van der Waals surface area contributed by atoms with Gasteiger partial charge in [-0.15, -0.1) is 0 Å². The van der Waals surface area contributed by atoms with Gasteiger partial charge in [0.1, 0.15) is 0 Å². The van der Waals surface area contributed by atoms with Gasteiger partial charge < -0.3 is 5.11 Å². The van der Waals surface area contributed by atoms with Crippen molar-refractivity contribution in [3.63, 3.8) is 0 Å². The third kappa shape index (κ3) is 2.10. The summed E-state index contributed by atoms with van der Waals surface area (Å²) in [5.41, 5.74) is 2.15. The van der Waals surface area contributed by atoms with Crippen molar-refractivity contribution in [2.24, 2.45) is 0 Å². The van der Waals surface area contributed by atoms with E-state index >= 15 is 0 Å². The lowest BCUT2D eigenvalue weighted by molar-refractivity contribution is 0.280. The Hall–Kier alpha value is -0.830.